The number of nitriles is 2. The van der Waals surface area contributed by atoms with Crippen LogP contribution in [0.2, 0.25) is 0 Å². The number of primary amides is 1. The summed E-state index contributed by atoms with van der Waals surface area (Å²) in [5.74, 6) is -0.481. The summed E-state index contributed by atoms with van der Waals surface area (Å²) >= 11 is 0. The molecule has 0 saturated carbocycles. The Hall–Kier alpha value is -2.79. The van der Waals surface area contributed by atoms with Crippen LogP contribution in [0.25, 0.3) is 0 Å². The molecule has 0 fully saturated rings. The maximum atomic E-state index is 9.47. The molecule has 4 N–H and O–H groups in total. The Balaban J connectivity index is 0. The van der Waals surface area contributed by atoms with Crippen molar-refractivity contribution in [1.82, 2.24) is 0 Å². The van der Waals surface area contributed by atoms with E-state index in [1.807, 2.05) is 0 Å². The smallest absolute Gasteiger partial charge is 0.240 e. The molecule has 0 aromatic carbocycles. The van der Waals surface area contributed by atoms with Gasteiger partial charge in [-0.3, -0.25) is 4.79 Å². The van der Waals surface area contributed by atoms with Crippen molar-refractivity contribution >= 4 is 5.91 Å². The fourth-order valence-electron chi connectivity index (χ4n) is 0.525. The number of carbonyl (C=O) groups excluding carboxylic acids is 1. The van der Waals surface area contributed by atoms with E-state index < -0.39 is 5.91 Å². The Morgan fingerprint density at radius 2 is 1.65 bits per heavy atom. The van der Waals surface area contributed by atoms with Crippen LogP contribution in [0, 0.1) is 22.7 Å². The first-order chi connectivity index (χ1) is 8.01. The first-order valence-electron chi connectivity index (χ1n) is 4.51. The topological polar surface area (TPSA) is 117 Å². The Bertz CT molecular complexity index is 403. The molecule has 5 nitrogen and oxygen atoms in total. The SMILES string of the molecule is C=CC(N)=O.C=CCC(N)=CC=C(C#N)C#N. The standard InChI is InChI=1S/C9H9N3.C3H5NO/c1-2-3-9(12)5-4-8(6-10)7-11;1-2-3(4)5/h2,4-5H,1,3,12H2;2H,1H2,(H2,4,5). The zero-order chi connectivity index (χ0) is 13.7. The number of nitrogens with zero attached hydrogens (tertiary/aromatic N) is 2. The molecule has 0 atom stereocenters. The molecule has 0 aromatic rings. The Labute approximate surface area is 101 Å². The van der Waals surface area contributed by atoms with Crippen LogP contribution in [0.3, 0.4) is 0 Å². The van der Waals surface area contributed by atoms with Crippen LogP contribution in [0.1, 0.15) is 6.42 Å². The summed E-state index contributed by atoms with van der Waals surface area (Å²) in [6, 6.07) is 3.45. The predicted molar refractivity (Wildman–Crippen MR) is 65.8 cm³/mol. The second-order valence-electron chi connectivity index (χ2n) is 2.64. The normalized spacial score (nSPS) is 8.47. The number of hydrogen-bond acceptors (Lipinski definition) is 4. The minimum Gasteiger partial charge on any atom is -0.402 e. The molecule has 0 bridgehead atoms. The van der Waals surface area contributed by atoms with Gasteiger partial charge in [0.2, 0.25) is 5.91 Å². The van der Waals surface area contributed by atoms with Gasteiger partial charge in [0.25, 0.3) is 0 Å². The third-order valence-corrected chi connectivity index (χ3v) is 1.29. The van der Waals surface area contributed by atoms with Crippen molar-refractivity contribution in [2.24, 2.45) is 11.5 Å². The lowest BCUT2D eigenvalue weighted by Crippen LogP contribution is -2.04. The Morgan fingerprint density at radius 1 is 1.18 bits per heavy atom. The number of allylic oxidation sites excluding steroid dienone is 4. The molecule has 17 heavy (non-hydrogen) atoms. The van der Waals surface area contributed by atoms with Gasteiger partial charge in [-0.25, -0.2) is 0 Å². The average Bonchev–Trinajstić information content (AvgIpc) is 2.31. The first-order valence-corrected chi connectivity index (χ1v) is 4.51. The molecule has 0 aliphatic carbocycles. The van der Waals surface area contributed by atoms with E-state index in [0.29, 0.717) is 12.1 Å². The van der Waals surface area contributed by atoms with E-state index >= 15 is 0 Å². The third-order valence-electron chi connectivity index (χ3n) is 1.29. The number of hydrogen-bond donors (Lipinski definition) is 2. The molecule has 88 valence electrons. The van der Waals surface area contributed by atoms with Gasteiger partial charge in [0.15, 0.2) is 0 Å². The zero-order valence-corrected chi connectivity index (χ0v) is 9.39. The monoisotopic (exact) mass is 230 g/mol. The van der Waals surface area contributed by atoms with Crippen LogP contribution < -0.4 is 11.5 Å². The van der Waals surface area contributed by atoms with Gasteiger partial charge in [0, 0.05) is 12.1 Å². The maximum Gasteiger partial charge on any atom is 0.240 e. The van der Waals surface area contributed by atoms with Gasteiger partial charge in [-0.15, -0.1) is 6.58 Å². The summed E-state index contributed by atoms with van der Waals surface area (Å²) in [6.45, 7) is 6.58. The molecule has 5 heteroatoms. The van der Waals surface area contributed by atoms with Gasteiger partial charge < -0.3 is 11.5 Å². The minimum absolute atomic E-state index is 0.0435. The summed E-state index contributed by atoms with van der Waals surface area (Å²) in [7, 11) is 0. The second-order valence-corrected chi connectivity index (χ2v) is 2.64. The lowest BCUT2D eigenvalue weighted by Gasteiger charge is -1.90. The van der Waals surface area contributed by atoms with E-state index in [0.717, 1.165) is 6.08 Å². The molecule has 0 aliphatic heterocycles. The number of carbonyl (C=O) groups is 1. The molecular formula is C12H14N4O. The highest BCUT2D eigenvalue weighted by Gasteiger charge is 1.88. The molecule has 0 unspecified atom stereocenters. The van der Waals surface area contributed by atoms with Crippen LogP contribution >= 0.6 is 0 Å². The Morgan fingerprint density at radius 3 is 1.94 bits per heavy atom. The second kappa shape index (κ2) is 11.3. The Kier molecular flexibility index (Phi) is 11.0. The highest BCUT2D eigenvalue weighted by atomic mass is 16.1. The van der Waals surface area contributed by atoms with Crippen molar-refractivity contribution in [3.63, 3.8) is 0 Å². The minimum atomic E-state index is -0.481. The third kappa shape index (κ3) is 13.2. The van der Waals surface area contributed by atoms with Crippen molar-refractivity contribution in [1.29, 1.82) is 10.5 Å². The van der Waals surface area contributed by atoms with Crippen molar-refractivity contribution in [3.05, 3.63) is 48.7 Å². The van der Waals surface area contributed by atoms with E-state index in [-0.39, 0.29) is 5.57 Å². The summed E-state index contributed by atoms with van der Waals surface area (Å²) in [4.78, 5) is 9.47. The molecule has 0 saturated heterocycles. The van der Waals surface area contributed by atoms with Crippen molar-refractivity contribution in [2.45, 2.75) is 6.42 Å². The highest BCUT2D eigenvalue weighted by Crippen LogP contribution is 1.96. The van der Waals surface area contributed by atoms with Crippen LogP contribution in [-0.4, -0.2) is 5.91 Å². The molecule has 0 aliphatic rings. The molecule has 0 heterocycles. The van der Waals surface area contributed by atoms with Crippen LogP contribution in [0.4, 0.5) is 0 Å². The fraction of sp³-hybridized carbons (Fsp3) is 0.0833. The van der Waals surface area contributed by atoms with Gasteiger partial charge >= 0.3 is 0 Å². The molecule has 0 spiro atoms. The quantitative estimate of drug-likeness (QED) is 0.324. The van der Waals surface area contributed by atoms with Gasteiger partial charge in [0.05, 0.1) is 0 Å². The van der Waals surface area contributed by atoms with Crippen LogP contribution in [0.5, 0.6) is 0 Å². The predicted octanol–water partition coefficient (Wildman–Crippen LogP) is 1.04. The zero-order valence-electron chi connectivity index (χ0n) is 9.39. The molecule has 0 radical (unpaired) electrons. The van der Waals surface area contributed by atoms with Gasteiger partial charge in [-0.2, -0.15) is 10.5 Å². The van der Waals surface area contributed by atoms with E-state index in [2.05, 4.69) is 18.9 Å². The molecule has 0 rings (SSSR count). The maximum absolute atomic E-state index is 9.47. The molecule has 0 aromatic heterocycles. The molecule has 1 amide bonds. The summed E-state index contributed by atoms with van der Waals surface area (Å²) < 4.78 is 0. The first kappa shape index (κ1) is 16.6. The van der Waals surface area contributed by atoms with Crippen LogP contribution in [-0.2, 0) is 4.79 Å². The van der Waals surface area contributed by atoms with Crippen molar-refractivity contribution in [2.75, 3.05) is 0 Å². The summed E-state index contributed by atoms with van der Waals surface area (Å²) in [5.41, 5.74) is 10.6. The number of rotatable bonds is 4. The molecular weight excluding hydrogens is 216 g/mol. The lowest BCUT2D eigenvalue weighted by atomic mass is 10.2. The number of amides is 1. The van der Waals surface area contributed by atoms with Gasteiger partial charge in [-0.1, -0.05) is 12.7 Å². The van der Waals surface area contributed by atoms with Gasteiger partial charge in [0.1, 0.15) is 17.7 Å². The van der Waals surface area contributed by atoms with Crippen LogP contribution in [0.15, 0.2) is 48.7 Å². The van der Waals surface area contributed by atoms with Crippen molar-refractivity contribution < 1.29 is 4.79 Å². The van der Waals surface area contributed by atoms with E-state index in [1.54, 1.807) is 18.2 Å². The van der Waals surface area contributed by atoms with E-state index in [9.17, 15) is 4.79 Å². The lowest BCUT2D eigenvalue weighted by molar-refractivity contribution is -0.113. The highest BCUT2D eigenvalue weighted by molar-refractivity contribution is 5.84. The van der Waals surface area contributed by atoms with E-state index in [1.165, 1.54) is 12.2 Å². The summed E-state index contributed by atoms with van der Waals surface area (Å²) in [6.07, 6.45) is 6.18. The van der Waals surface area contributed by atoms with E-state index in [4.69, 9.17) is 16.3 Å². The summed E-state index contributed by atoms with van der Waals surface area (Å²) in [5, 5.41) is 16.7. The average molecular weight is 230 g/mol. The van der Waals surface area contributed by atoms with Crippen molar-refractivity contribution in [3.8, 4) is 12.1 Å². The van der Waals surface area contributed by atoms with Gasteiger partial charge in [-0.05, 0) is 18.2 Å². The largest absolute Gasteiger partial charge is 0.402 e. The fourth-order valence-corrected chi connectivity index (χ4v) is 0.525. The number of nitrogens with two attached hydrogens (primary N) is 2.